The molecule has 1 N–H and O–H groups in total. The van der Waals surface area contributed by atoms with Gasteiger partial charge in [0, 0.05) is 56.3 Å². The molecular weight excluding hydrogens is 462 g/mol. The first-order valence-corrected chi connectivity index (χ1v) is 13.5. The molecule has 7 nitrogen and oxygen atoms in total. The van der Waals surface area contributed by atoms with E-state index >= 15 is 0 Å². The number of hydrogen-bond donors (Lipinski definition) is 1. The molecule has 3 aliphatic rings. The van der Waals surface area contributed by atoms with Crippen LogP contribution in [0, 0.1) is 12.3 Å². The molecule has 8 heteroatoms. The first-order chi connectivity index (χ1) is 17.0. The van der Waals surface area contributed by atoms with E-state index in [0.717, 1.165) is 78.0 Å². The fourth-order valence-corrected chi connectivity index (χ4v) is 6.23. The summed E-state index contributed by atoms with van der Waals surface area (Å²) < 4.78 is 5.90. The highest BCUT2D eigenvalue weighted by Crippen LogP contribution is 2.44. The van der Waals surface area contributed by atoms with Crippen molar-refractivity contribution in [2.45, 2.75) is 45.3 Å². The second-order valence-electron chi connectivity index (χ2n) is 9.93. The maximum Gasteiger partial charge on any atom is 0.312 e. The van der Waals surface area contributed by atoms with Gasteiger partial charge in [-0.2, -0.15) is 0 Å². The molecule has 0 bridgehead atoms. The molecule has 35 heavy (non-hydrogen) atoms. The van der Waals surface area contributed by atoms with E-state index in [1.165, 1.54) is 16.1 Å². The Morgan fingerprint density at radius 3 is 2.37 bits per heavy atom. The smallest absolute Gasteiger partial charge is 0.312 e. The average Bonchev–Trinajstić information content (AvgIpc) is 3.48. The summed E-state index contributed by atoms with van der Waals surface area (Å²) in [5, 5.41) is 9.03. The fraction of sp³-hybridized carbons (Fsp3) is 0.556. The van der Waals surface area contributed by atoms with Gasteiger partial charge in [-0.1, -0.05) is 23.8 Å². The highest BCUT2D eigenvalue weighted by Gasteiger charge is 2.50. The Kier molecular flexibility index (Phi) is 8.81. The van der Waals surface area contributed by atoms with E-state index in [9.17, 15) is 4.79 Å². The molecule has 190 valence electrons. The summed E-state index contributed by atoms with van der Waals surface area (Å²) in [5.74, 6) is 0.0717. The van der Waals surface area contributed by atoms with Gasteiger partial charge in [0.15, 0.2) is 0 Å². The van der Waals surface area contributed by atoms with Crippen LogP contribution < -0.4 is 4.90 Å². The van der Waals surface area contributed by atoms with Gasteiger partial charge in [-0.05, 0) is 62.9 Å². The van der Waals surface area contributed by atoms with Crippen LogP contribution in [0.4, 0.5) is 5.69 Å². The van der Waals surface area contributed by atoms with Crippen molar-refractivity contribution in [3.8, 4) is 0 Å². The molecule has 1 aromatic heterocycles. The summed E-state index contributed by atoms with van der Waals surface area (Å²) in [6, 6.07) is 13.2. The van der Waals surface area contributed by atoms with Gasteiger partial charge in [-0.3, -0.25) is 19.4 Å². The third-order valence-corrected chi connectivity index (χ3v) is 8.50. The molecule has 3 fully saturated rings. The fourth-order valence-electron chi connectivity index (χ4n) is 5.48. The highest BCUT2D eigenvalue weighted by atomic mass is 32.1. The third kappa shape index (κ3) is 6.63. The zero-order chi connectivity index (χ0) is 24.7. The summed E-state index contributed by atoms with van der Waals surface area (Å²) in [4.78, 5) is 30.1. The van der Waals surface area contributed by atoms with Gasteiger partial charge in [-0.15, -0.1) is 11.3 Å². The number of ether oxygens (including phenoxy) is 1. The van der Waals surface area contributed by atoms with Gasteiger partial charge in [0.05, 0.1) is 5.41 Å². The number of thiophene rings is 1. The van der Waals surface area contributed by atoms with E-state index in [1.54, 1.807) is 0 Å². The summed E-state index contributed by atoms with van der Waals surface area (Å²) >= 11 is 1.82. The second kappa shape index (κ2) is 12.0. The zero-order valence-corrected chi connectivity index (χ0v) is 21.4. The van der Waals surface area contributed by atoms with Gasteiger partial charge in [0.2, 0.25) is 0 Å². The normalized spacial score (nSPS) is 22.5. The minimum atomic E-state index is -0.250. The third-order valence-electron chi connectivity index (χ3n) is 7.64. The lowest BCUT2D eigenvalue weighted by Gasteiger charge is -2.37. The van der Waals surface area contributed by atoms with Crippen molar-refractivity contribution in [3.63, 3.8) is 0 Å². The number of carboxylic acid groups (broad SMARTS) is 1. The van der Waals surface area contributed by atoms with Crippen LogP contribution in [0.25, 0.3) is 0 Å². The number of anilines is 1. The SMILES string of the molecule is Cc1ccc(N2CCN(CCC3CC4(CCN(Cc5cccs5)CC4)C(=O)O3)CC2)cc1.O=CO. The molecule has 2 aromatic rings. The molecule has 0 radical (unpaired) electrons. The average molecular weight is 500 g/mol. The number of benzene rings is 1. The molecule has 3 aliphatic heterocycles. The van der Waals surface area contributed by atoms with Crippen molar-refractivity contribution >= 4 is 29.5 Å². The predicted molar refractivity (Wildman–Crippen MR) is 139 cm³/mol. The molecule has 0 saturated carbocycles. The number of hydrogen-bond acceptors (Lipinski definition) is 7. The largest absolute Gasteiger partial charge is 0.483 e. The lowest BCUT2D eigenvalue weighted by molar-refractivity contribution is -0.151. The number of likely N-dealkylation sites (tertiary alicyclic amines) is 1. The predicted octanol–water partition coefficient (Wildman–Crippen LogP) is 3.87. The molecule has 1 aromatic carbocycles. The summed E-state index contributed by atoms with van der Waals surface area (Å²) in [5.41, 5.74) is 2.41. The summed E-state index contributed by atoms with van der Waals surface area (Å²) in [6.45, 7) is 10.2. The molecule has 1 unspecified atom stereocenters. The minimum Gasteiger partial charge on any atom is -0.483 e. The van der Waals surface area contributed by atoms with E-state index < -0.39 is 0 Å². The van der Waals surface area contributed by atoms with Gasteiger partial charge >= 0.3 is 5.97 Å². The Morgan fingerprint density at radius 1 is 1.06 bits per heavy atom. The van der Waals surface area contributed by atoms with E-state index in [2.05, 4.69) is 63.4 Å². The topological polar surface area (TPSA) is 73.3 Å². The second-order valence-corrected chi connectivity index (χ2v) is 11.0. The Hall–Kier alpha value is -2.42. The van der Waals surface area contributed by atoms with Crippen LogP contribution in [-0.2, 0) is 20.9 Å². The number of piperazine rings is 1. The number of nitrogens with zero attached hydrogens (tertiary/aromatic N) is 3. The number of cyclic esters (lactones) is 1. The number of aryl methyl sites for hydroxylation is 1. The molecule has 1 spiro atoms. The maximum atomic E-state index is 12.8. The molecule has 4 heterocycles. The Morgan fingerprint density at radius 2 is 1.74 bits per heavy atom. The van der Waals surface area contributed by atoms with Crippen molar-refractivity contribution in [2.75, 3.05) is 50.7 Å². The van der Waals surface area contributed by atoms with Gasteiger partial charge in [-0.25, -0.2) is 0 Å². The van der Waals surface area contributed by atoms with Crippen molar-refractivity contribution in [1.29, 1.82) is 0 Å². The van der Waals surface area contributed by atoms with Crippen LogP contribution in [0.15, 0.2) is 41.8 Å². The van der Waals surface area contributed by atoms with Crippen LogP contribution in [0.5, 0.6) is 0 Å². The Bertz CT molecular complexity index is 934. The lowest BCUT2D eigenvalue weighted by atomic mass is 9.75. The minimum absolute atomic E-state index is 0.0717. The number of rotatable bonds is 6. The Labute approximate surface area is 212 Å². The standard InChI is InChI=1S/C26H35N3O2S.CH2O2/c1-21-4-6-22(7-5-21)29-16-14-27(15-17-29)11-8-23-19-26(25(30)31-23)9-12-28(13-10-26)20-24-3-2-18-32-24;2-1-3/h2-7,18,23H,8-17,19-20H2,1H3;1H,(H,2,3). The molecule has 5 rings (SSSR count). The molecular formula is C27H37N3O4S. The highest BCUT2D eigenvalue weighted by molar-refractivity contribution is 7.09. The van der Waals surface area contributed by atoms with Crippen LogP contribution >= 0.6 is 11.3 Å². The van der Waals surface area contributed by atoms with Crippen molar-refractivity contribution in [1.82, 2.24) is 9.80 Å². The first-order valence-electron chi connectivity index (χ1n) is 12.6. The van der Waals surface area contributed by atoms with Gasteiger partial charge < -0.3 is 14.7 Å². The van der Waals surface area contributed by atoms with E-state index in [1.807, 2.05) is 11.3 Å². The summed E-state index contributed by atoms with van der Waals surface area (Å²) in [6.07, 6.45) is 3.88. The van der Waals surface area contributed by atoms with Crippen LogP contribution in [-0.4, -0.2) is 79.3 Å². The summed E-state index contributed by atoms with van der Waals surface area (Å²) in [7, 11) is 0. The maximum absolute atomic E-state index is 12.8. The van der Waals surface area contributed by atoms with Gasteiger partial charge in [0.1, 0.15) is 6.10 Å². The molecule has 0 aliphatic carbocycles. The van der Waals surface area contributed by atoms with E-state index in [0.29, 0.717) is 0 Å². The lowest BCUT2D eigenvalue weighted by Crippen LogP contribution is -2.47. The van der Waals surface area contributed by atoms with Gasteiger partial charge in [0.25, 0.3) is 6.47 Å². The van der Waals surface area contributed by atoms with E-state index in [-0.39, 0.29) is 24.0 Å². The van der Waals surface area contributed by atoms with E-state index in [4.69, 9.17) is 14.6 Å². The monoisotopic (exact) mass is 499 g/mol. The van der Waals surface area contributed by atoms with Crippen molar-refractivity contribution in [2.24, 2.45) is 5.41 Å². The quantitative estimate of drug-likeness (QED) is 0.478. The van der Waals surface area contributed by atoms with Crippen LogP contribution in [0.1, 0.15) is 36.1 Å². The molecule has 1 atom stereocenters. The van der Waals surface area contributed by atoms with Crippen LogP contribution in [0.2, 0.25) is 0 Å². The molecule has 0 amide bonds. The van der Waals surface area contributed by atoms with Crippen molar-refractivity contribution in [3.05, 3.63) is 52.2 Å². The first kappa shape index (κ1) is 25.7. The number of carbonyl (C=O) groups is 2. The number of piperidine rings is 1. The number of carbonyl (C=O) groups excluding carboxylic acids is 1. The van der Waals surface area contributed by atoms with Crippen molar-refractivity contribution < 1.29 is 19.4 Å². The Balaban J connectivity index is 0.000000917. The van der Waals surface area contributed by atoms with Crippen LogP contribution in [0.3, 0.4) is 0 Å². The molecule has 3 saturated heterocycles. The number of esters is 1. The zero-order valence-electron chi connectivity index (χ0n) is 20.6.